The molecule has 0 unspecified atom stereocenters. The summed E-state index contributed by atoms with van der Waals surface area (Å²) in [4.78, 5) is 21.8. The molecule has 8 heteroatoms. The largest absolute Gasteiger partial charge is 0.490 e. The van der Waals surface area contributed by atoms with E-state index in [1.807, 2.05) is 0 Å². The number of nitrogens with zero attached hydrogens (tertiary/aromatic N) is 3. The number of nitro benzene ring substituents is 1. The Morgan fingerprint density at radius 2 is 1.87 bits per heavy atom. The van der Waals surface area contributed by atoms with Gasteiger partial charge in [-0.1, -0.05) is 18.2 Å². The summed E-state index contributed by atoms with van der Waals surface area (Å²) in [7, 11) is 1.41. The molecular weight excluding hydrogens is 400 g/mol. The molecule has 0 aliphatic heterocycles. The van der Waals surface area contributed by atoms with Crippen molar-refractivity contribution >= 4 is 38.7 Å². The highest BCUT2D eigenvalue weighted by atomic mass is 32.1. The van der Waals surface area contributed by atoms with Crippen molar-refractivity contribution in [3.8, 4) is 16.9 Å². The van der Waals surface area contributed by atoms with Gasteiger partial charge in [-0.05, 0) is 49.6 Å². The first-order valence-corrected chi connectivity index (χ1v) is 10.1. The number of methoxy groups -OCH3 is 1. The maximum Gasteiger partial charge on any atom is 0.312 e. The molecule has 7 nitrogen and oxygen atoms in total. The minimum absolute atomic E-state index is 0.108. The monoisotopic (exact) mass is 420 g/mol. The highest BCUT2D eigenvalue weighted by Crippen LogP contribution is 2.42. The second-order valence-electron chi connectivity index (χ2n) is 7.00. The smallest absolute Gasteiger partial charge is 0.312 e. The summed E-state index contributed by atoms with van der Waals surface area (Å²) < 4.78 is 5.09. The molecule has 152 valence electrons. The number of hydrogen-bond acceptors (Lipinski definition) is 7. The third kappa shape index (κ3) is 3.46. The molecular formula is C22H20N4O3S. The van der Waals surface area contributed by atoms with Crippen LogP contribution in [0.1, 0.15) is 16.0 Å². The summed E-state index contributed by atoms with van der Waals surface area (Å²) in [5.41, 5.74) is 5.06. The zero-order valence-electron chi connectivity index (χ0n) is 17.0. The Bertz CT molecular complexity index is 1280. The van der Waals surface area contributed by atoms with E-state index in [1.165, 1.54) is 30.6 Å². The van der Waals surface area contributed by atoms with Crippen LogP contribution in [-0.2, 0) is 0 Å². The lowest BCUT2D eigenvalue weighted by molar-refractivity contribution is -0.385. The van der Waals surface area contributed by atoms with E-state index in [0.29, 0.717) is 11.5 Å². The fourth-order valence-corrected chi connectivity index (χ4v) is 4.44. The summed E-state index contributed by atoms with van der Waals surface area (Å²) in [6.45, 7) is 6.25. The van der Waals surface area contributed by atoms with Gasteiger partial charge >= 0.3 is 5.69 Å². The molecule has 30 heavy (non-hydrogen) atoms. The van der Waals surface area contributed by atoms with Crippen molar-refractivity contribution in [3.05, 3.63) is 68.8 Å². The normalized spacial score (nSPS) is 10.9. The van der Waals surface area contributed by atoms with Crippen molar-refractivity contribution < 1.29 is 9.66 Å². The Labute approximate surface area is 177 Å². The third-order valence-electron chi connectivity index (χ3n) is 5.10. The lowest BCUT2D eigenvalue weighted by atomic mass is 9.99. The van der Waals surface area contributed by atoms with Crippen LogP contribution in [0.5, 0.6) is 5.75 Å². The van der Waals surface area contributed by atoms with Gasteiger partial charge in [0.1, 0.15) is 17.0 Å². The molecule has 2 aromatic carbocycles. The van der Waals surface area contributed by atoms with E-state index in [9.17, 15) is 10.1 Å². The first-order chi connectivity index (χ1) is 14.4. The van der Waals surface area contributed by atoms with Gasteiger partial charge in [-0.3, -0.25) is 10.1 Å². The van der Waals surface area contributed by atoms with E-state index in [2.05, 4.69) is 54.3 Å². The maximum atomic E-state index is 11.4. The second kappa shape index (κ2) is 7.72. The summed E-state index contributed by atoms with van der Waals surface area (Å²) in [6.07, 6.45) is 1.50. The summed E-state index contributed by atoms with van der Waals surface area (Å²) in [6, 6.07) is 11.1. The molecule has 0 spiro atoms. The lowest BCUT2D eigenvalue weighted by Gasteiger charge is -2.11. The van der Waals surface area contributed by atoms with Crippen LogP contribution in [0.4, 0.5) is 17.2 Å². The van der Waals surface area contributed by atoms with Crippen molar-refractivity contribution in [2.24, 2.45) is 0 Å². The van der Waals surface area contributed by atoms with Gasteiger partial charge in [-0.2, -0.15) is 0 Å². The van der Waals surface area contributed by atoms with E-state index in [1.54, 1.807) is 23.5 Å². The molecule has 0 saturated carbocycles. The lowest BCUT2D eigenvalue weighted by Crippen LogP contribution is -1.98. The van der Waals surface area contributed by atoms with Gasteiger partial charge in [0.15, 0.2) is 5.75 Å². The van der Waals surface area contributed by atoms with Crippen LogP contribution in [0.2, 0.25) is 0 Å². The Kier molecular flexibility index (Phi) is 5.09. The SMILES string of the molecule is COc1ccc(Nc2ncnc3sc(C)c(-c4ccc(C)c(C)c4)c23)cc1[N+](=O)[O-]. The number of anilines is 2. The fourth-order valence-electron chi connectivity index (χ4n) is 3.43. The van der Waals surface area contributed by atoms with Gasteiger partial charge < -0.3 is 10.1 Å². The predicted molar refractivity (Wildman–Crippen MR) is 120 cm³/mol. The standard InChI is InChI=1S/C22H20N4O3S/c1-12-5-6-15(9-13(12)2)19-14(3)30-22-20(19)21(23-11-24-22)25-16-7-8-18(29-4)17(10-16)26(27)28/h5-11H,1-4H3,(H,23,24,25). The summed E-state index contributed by atoms with van der Waals surface area (Å²) >= 11 is 1.60. The number of nitrogens with one attached hydrogen (secondary N) is 1. The highest BCUT2D eigenvalue weighted by Gasteiger charge is 2.19. The number of hydrogen-bond donors (Lipinski definition) is 1. The average molecular weight is 420 g/mol. The molecule has 2 aromatic heterocycles. The zero-order valence-corrected chi connectivity index (χ0v) is 17.8. The summed E-state index contributed by atoms with van der Waals surface area (Å²) in [5.74, 6) is 0.817. The minimum Gasteiger partial charge on any atom is -0.490 e. The van der Waals surface area contributed by atoms with Crippen LogP contribution in [0.3, 0.4) is 0 Å². The van der Waals surface area contributed by atoms with Crippen LogP contribution in [0.25, 0.3) is 21.3 Å². The number of fused-ring (bicyclic) bond motifs is 1. The number of thiophene rings is 1. The molecule has 0 saturated heterocycles. The van der Waals surface area contributed by atoms with E-state index < -0.39 is 4.92 Å². The van der Waals surface area contributed by atoms with Gasteiger partial charge in [-0.15, -0.1) is 11.3 Å². The van der Waals surface area contributed by atoms with Crippen LogP contribution in [0.15, 0.2) is 42.7 Å². The molecule has 4 aromatic rings. The Balaban J connectivity index is 1.86. The fraction of sp³-hybridized carbons (Fsp3) is 0.182. The molecule has 0 amide bonds. The molecule has 0 aliphatic rings. The molecule has 0 bridgehead atoms. The first-order valence-electron chi connectivity index (χ1n) is 9.30. The van der Waals surface area contributed by atoms with Crippen molar-refractivity contribution in [3.63, 3.8) is 0 Å². The quantitative estimate of drug-likeness (QED) is 0.317. The number of nitro groups is 1. The van der Waals surface area contributed by atoms with Crippen LogP contribution < -0.4 is 10.1 Å². The Morgan fingerprint density at radius 3 is 2.57 bits per heavy atom. The van der Waals surface area contributed by atoms with E-state index >= 15 is 0 Å². The van der Waals surface area contributed by atoms with Crippen molar-refractivity contribution in [2.45, 2.75) is 20.8 Å². The molecule has 0 atom stereocenters. The minimum atomic E-state index is -0.463. The van der Waals surface area contributed by atoms with Crippen LogP contribution in [0, 0.1) is 30.9 Å². The van der Waals surface area contributed by atoms with E-state index in [-0.39, 0.29) is 11.4 Å². The number of aromatic nitrogens is 2. The number of ether oxygens (including phenoxy) is 1. The van der Waals surface area contributed by atoms with Crippen molar-refractivity contribution in [2.75, 3.05) is 12.4 Å². The molecule has 2 heterocycles. The average Bonchev–Trinajstić information content (AvgIpc) is 3.07. The molecule has 0 aliphatic carbocycles. The number of rotatable bonds is 5. The molecule has 4 rings (SSSR count). The number of aryl methyl sites for hydroxylation is 3. The molecule has 1 N–H and O–H groups in total. The van der Waals surface area contributed by atoms with Crippen molar-refractivity contribution in [1.82, 2.24) is 9.97 Å². The molecule has 0 radical (unpaired) electrons. The van der Waals surface area contributed by atoms with Gasteiger partial charge in [0, 0.05) is 22.2 Å². The summed E-state index contributed by atoms with van der Waals surface area (Å²) in [5, 5.41) is 15.5. The first kappa shape index (κ1) is 19.8. The van der Waals surface area contributed by atoms with Gasteiger partial charge in [-0.25, -0.2) is 9.97 Å². The van der Waals surface area contributed by atoms with Crippen LogP contribution in [-0.4, -0.2) is 22.0 Å². The van der Waals surface area contributed by atoms with Crippen LogP contribution >= 0.6 is 11.3 Å². The predicted octanol–water partition coefficient (Wildman–Crippen LogP) is 5.94. The maximum absolute atomic E-state index is 11.4. The highest BCUT2D eigenvalue weighted by molar-refractivity contribution is 7.19. The molecule has 0 fully saturated rings. The van der Waals surface area contributed by atoms with Gasteiger partial charge in [0.25, 0.3) is 0 Å². The third-order valence-corrected chi connectivity index (χ3v) is 6.11. The van der Waals surface area contributed by atoms with Gasteiger partial charge in [0.05, 0.1) is 17.4 Å². The number of benzene rings is 2. The Morgan fingerprint density at radius 1 is 1.07 bits per heavy atom. The van der Waals surface area contributed by atoms with E-state index in [0.717, 1.165) is 26.2 Å². The van der Waals surface area contributed by atoms with Gasteiger partial charge in [0.2, 0.25) is 0 Å². The van der Waals surface area contributed by atoms with E-state index in [4.69, 9.17) is 4.74 Å². The Hall–Kier alpha value is -3.52. The van der Waals surface area contributed by atoms with Crippen molar-refractivity contribution in [1.29, 1.82) is 0 Å². The topological polar surface area (TPSA) is 90.2 Å². The zero-order chi connectivity index (χ0) is 21.4. The second-order valence-corrected chi connectivity index (χ2v) is 8.21.